The Kier molecular flexibility index (Phi) is 6.41. The van der Waals surface area contributed by atoms with Crippen molar-refractivity contribution < 1.29 is 12.8 Å². The molecule has 0 fully saturated rings. The van der Waals surface area contributed by atoms with Crippen molar-refractivity contribution in [2.75, 3.05) is 6.54 Å². The summed E-state index contributed by atoms with van der Waals surface area (Å²) in [6, 6.07) is 7.87. The maximum Gasteiger partial charge on any atom is 0.242 e. The number of nitrogens with zero attached hydrogens (tertiary/aromatic N) is 2. The van der Waals surface area contributed by atoms with Gasteiger partial charge >= 0.3 is 0 Å². The lowest BCUT2D eigenvalue weighted by Crippen LogP contribution is -2.25. The smallest absolute Gasteiger partial charge is 0.242 e. The number of benzene rings is 1. The van der Waals surface area contributed by atoms with Crippen LogP contribution in [0.3, 0.4) is 0 Å². The number of nitrogens with one attached hydrogen (secondary N) is 1. The van der Waals surface area contributed by atoms with Crippen LogP contribution >= 0.6 is 11.3 Å². The molecule has 0 unspecified atom stereocenters. The summed E-state index contributed by atoms with van der Waals surface area (Å²) in [6.45, 7) is 2.21. The van der Waals surface area contributed by atoms with Crippen LogP contribution in [0.25, 0.3) is 22.0 Å². The molecule has 3 aromatic rings. The Balaban J connectivity index is 1.54. The summed E-state index contributed by atoms with van der Waals surface area (Å²) in [4.78, 5) is 4.93. The van der Waals surface area contributed by atoms with E-state index in [4.69, 9.17) is 0 Å². The fourth-order valence-electron chi connectivity index (χ4n) is 3.85. The Morgan fingerprint density at radius 2 is 2.00 bits per heavy atom. The number of hydrogen-bond acceptors (Lipinski definition) is 4. The van der Waals surface area contributed by atoms with Crippen molar-refractivity contribution in [2.45, 2.75) is 43.9 Å². The second kappa shape index (κ2) is 9.06. The summed E-state index contributed by atoms with van der Waals surface area (Å²) in [5.74, 6) is -0.292. The molecule has 5 nitrogen and oxygen atoms in total. The third-order valence-corrected chi connectivity index (χ3v) is 8.21. The Hall–Kier alpha value is -2.29. The van der Waals surface area contributed by atoms with Crippen LogP contribution in [0.4, 0.5) is 4.39 Å². The van der Waals surface area contributed by atoms with E-state index in [-0.39, 0.29) is 10.7 Å². The number of sulfonamides is 1. The number of aromatic nitrogens is 2. The second-order valence-electron chi connectivity index (χ2n) is 7.84. The van der Waals surface area contributed by atoms with Crippen molar-refractivity contribution in [3.05, 3.63) is 58.9 Å². The van der Waals surface area contributed by atoms with Crippen molar-refractivity contribution in [3.8, 4) is 22.0 Å². The Morgan fingerprint density at radius 3 is 2.71 bits per heavy atom. The number of rotatable bonds is 7. The molecule has 0 amide bonds. The molecule has 0 spiro atoms. The average Bonchev–Trinajstić information content (AvgIpc) is 3.35. The van der Waals surface area contributed by atoms with E-state index in [9.17, 15) is 12.8 Å². The van der Waals surface area contributed by atoms with Gasteiger partial charge in [0.25, 0.3) is 0 Å². The second-order valence-corrected chi connectivity index (χ2v) is 10.4. The fraction of sp³-hybridized carbons (Fsp3) is 0.348. The molecule has 31 heavy (non-hydrogen) atoms. The van der Waals surface area contributed by atoms with E-state index < -0.39 is 10.0 Å². The van der Waals surface area contributed by atoms with Crippen LogP contribution in [0.15, 0.2) is 52.3 Å². The summed E-state index contributed by atoms with van der Waals surface area (Å²) in [7, 11) is -1.77. The zero-order valence-corrected chi connectivity index (χ0v) is 19.3. The highest BCUT2D eigenvalue weighted by Crippen LogP contribution is 2.32. The molecule has 0 aliphatic heterocycles. The van der Waals surface area contributed by atoms with Gasteiger partial charge in [-0.25, -0.2) is 22.5 Å². The summed E-state index contributed by atoms with van der Waals surface area (Å²) < 4.78 is 43.7. The molecule has 164 valence electrons. The van der Waals surface area contributed by atoms with Gasteiger partial charge in [0, 0.05) is 30.2 Å². The van der Waals surface area contributed by atoms with Crippen LogP contribution in [-0.2, 0) is 17.1 Å². The molecule has 0 saturated heterocycles. The fourth-order valence-corrected chi connectivity index (χ4v) is 6.05. The number of halogens is 1. The van der Waals surface area contributed by atoms with E-state index in [1.807, 2.05) is 17.0 Å². The lowest BCUT2D eigenvalue weighted by atomic mass is 9.97. The standard InChI is InChI=1S/C23H26FN3O2S2/c1-16-22(31(28,29)25-13-12-17-6-4-3-5-7-17)14-21(27(16)2)23-26-20(15-30-23)18-8-10-19(24)11-9-18/h6,8-11,14-15,25H,3-5,7,12-13H2,1-2H3. The normalized spacial score (nSPS) is 14.6. The minimum Gasteiger partial charge on any atom is -0.345 e. The Labute approximate surface area is 186 Å². The molecule has 1 aromatic carbocycles. The molecule has 2 aromatic heterocycles. The first-order valence-corrected chi connectivity index (χ1v) is 12.8. The summed E-state index contributed by atoms with van der Waals surface area (Å²) >= 11 is 1.44. The average molecular weight is 460 g/mol. The molecule has 0 bridgehead atoms. The van der Waals surface area contributed by atoms with Gasteiger partial charge in [-0.1, -0.05) is 11.6 Å². The van der Waals surface area contributed by atoms with Gasteiger partial charge in [0.1, 0.15) is 15.7 Å². The molecule has 0 saturated carbocycles. The lowest BCUT2D eigenvalue weighted by molar-refractivity contribution is 0.578. The SMILES string of the molecule is Cc1c(S(=O)(=O)NCCC2=CCCCC2)cc(-c2nc(-c3ccc(F)cc3)cs2)n1C. The first kappa shape index (κ1) is 21.9. The number of thiazole rings is 1. The highest BCUT2D eigenvalue weighted by Gasteiger charge is 2.23. The zero-order valence-electron chi connectivity index (χ0n) is 17.7. The minimum absolute atomic E-state index is 0.279. The van der Waals surface area contributed by atoms with E-state index in [0.717, 1.165) is 41.2 Å². The summed E-state index contributed by atoms with van der Waals surface area (Å²) in [5, 5.41) is 2.62. The van der Waals surface area contributed by atoms with Crippen LogP contribution in [0.1, 0.15) is 37.8 Å². The highest BCUT2D eigenvalue weighted by atomic mass is 32.2. The zero-order chi connectivity index (χ0) is 22.0. The molecule has 2 heterocycles. The molecule has 0 radical (unpaired) electrons. The predicted octanol–water partition coefficient (Wildman–Crippen LogP) is 5.43. The van der Waals surface area contributed by atoms with E-state index in [1.54, 1.807) is 25.1 Å². The highest BCUT2D eigenvalue weighted by molar-refractivity contribution is 7.89. The van der Waals surface area contributed by atoms with Crippen LogP contribution in [-0.4, -0.2) is 24.5 Å². The van der Waals surface area contributed by atoms with Crippen LogP contribution in [0, 0.1) is 12.7 Å². The summed E-state index contributed by atoms with van der Waals surface area (Å²) in [5.41, 5.74) is 4.31. The largest absolute Gasteiger partial charge is 0.345 e. The van der Waals surface area contributed by atoms with E-state index >= 15 is 0 Å². The monoisotopic (exact) mass is 459 g/mol. The van der Waals surface area contributed by atoms with Gasteiger partial charge in [-0.15, -0.1) is 11.3 Å². The van der Waals surface area contributed by atoms with Gasteiger partial charge in [0.05, 0.1) is 11.4 Å². The van der Waals surface area contributed by atoms with Crippen LogP contribution in [0.5, 0.6) is 0 Å². The van der Waals surface area contributed by atoms with Gasteiger partial charge in [0.15, 0.2) is 0 Å². The van der Waals surface area contributed by atoms with Gasteiger partial charge in [0.2, 0.25) is 10.0 Å². The maximum absolute atomic E-state index is 13.2. The van der Waals surface area contributed by atoms with Crippen molar-refractivity contribution in [2.24, 2.45) is 7.05 Å². The first-order chi connectivity index (χ1) is 14.8. The molecular formula is C23H26FN3O2S2. The van der Waals surface area contributed by atoms with Crippen molar-refractivity contribution in [1.82, 2.24) is 14.3 Å². The molecule has 0 atom stereocenters. The van der Waals surface area contributed by atoms with Gasteiger partial charge in [-0.2, -0.15) is 0 Å². The Morgan fingerprint density at radius 1 is 1.23 bits per heavy atom. The first-order valence-electron chi connectivity index (χ1n) is 10.4. The van der Waals surface area contributed by atoms with Crippen molar-refractivity contribution in [3.63, 3.8) is 0 Å². The number of hydrogen-bond donors (Lipinski definition) is 1. The van der Waals surface area contributed by atoms with E-state index in [2.05, 4.69) is 15.8 Å². The molecule has 4 rings (SSSR count). The van der Waals surface area contributed by atoms with Gasteiger partial charge in [-0.05, 0) is 69.4 Å². The molecular weight excluding hydrogens is 433 g/mol. The van der Waals surface area contributed by atoms with E-state index in [0.29, 0.717) is 12.2 Å². The van der Waals surface area contributed by atoms with Crippen LogP contribution in [0.2, 0.25) is 0 Å². The van der Waals surface area contributed by atoms with Gasteiger partial charge in [-0.3, -0.25) is 0 Å². The topological polar surface area (TPSA) is 64.0 Å². The van der Waals surface area contributed by atoms with Crippen molar-refractivity contribution in [1.29, 1.82) is 0 Å². The third kappa shape index (κ3) is 4.81. The molecule has 1 N–H and O–H groups in total. The van der Waals surface area contributed by atoms with E-state index in [1.165, 1.54) is 41.9 Å². The molecule has 8 heteroatoms. The predicted molar refractivity (Wildman–Crippen MR) is 123 cm³/mol. The lowest BCUT2D eigenvalue weighted by Gasteiger charge is -2.13. The summed E-state index contributed by atoms with van der Waals surface area (Å²) in [6.07, 6.45) is 7.57. The minimum atomic E-state index is -3.61. The molecule has 1 aliphatic rings. The van der Waals surface area contributed by atoms with Crippen LogP contribution < -0.4 is 4.72 Å². The number of allylic oxidation sites excluding steroid dienone is 1. The van der Waals surface area contributed by atoms with Gasteiger partial charge < -0.3 is 4.57 Å². The molecule has 1 aliphatic carbocycles. The third-order valence-electron chi connectivity index (χ3n) is 5.76. The maximum atomic E-state index is 13.2. The Bertz CT molecular complexity index is 1210. The quantitative estimate of drug-likeness (QED) is 0.479. The van der Waals surface area contributed by atoms with Crippen molar-refractivity contribution >= 4 is 21.4 Å².